The summed E-state index contributed by atoms with van der Waals surface area (Å²) in [5.74, 6) is 0.925. The zero-order chi connectivity index (χ0) is 13.6. The molecule has 0 aliphatic rings. The van der Waals surface area contributed by atoms with Crippen LogP contribution in [0.25, 0.3) is 0 Å². The molecule has 0 aliphatic heterocycles. The van der Waals surface area contributed by atoms with Crippen molar-refractivity contribution in [1.82, 2.24) is 0 Å². The van der Waals surface area contributed by atoms with E-state index >= 15 is 0 Å². The quantitative estimate of drug-likeness (QED) is 0.820. The van der Waals surface area contributed by atoms with Gasteiger partial charge < -0.3 is 10.5 Å². The first-order valence-electron chi connectivity index (χ1n) is 6.60. The first-order chi connectivity index (χ1) is 8.48. The number of halogens is 1. The van der Waals surface area contributed by atoms with Crippen molar-refractivity contribution in [3.63, 3.8) is 0 Å². The van der Waals surface area contributed by atoms with Gasteiger partial charge in [0.2, 0.25) is 0 Å². The van der Waals surface area contributed by atoms with Crippen molar-refractivity contribution in [3.8, 4) is 5.75 Å². The summed E-state index contributed by atoms with van der Waals surface area (Å²) in [7, 11) is 0. The van der Waals surface area contributed by atoms with Crippen LogP contribution in [0.1, 0.15) is 39.2 Å². The maximum absolute atomic E-state index is 5.64. The van der Waals surface area contributed by atoms with Gasteiger partial charge in [0.1, 0.15) is 5.75 Å². The van der Waals surface area contributed by atoms with Crippen LogP contribution in [-0.2, 0) is 6.42 Å². The number of benzene rings is 1. The first kappa shape index (κ1) is 15.5. The van der Waals surface area contributed by atoms with E-state index < -0.39 is 0 Å². The van der Waals surface area contributed by atoms with E-state index in [1.807, 2.05) is 13.0 Å². The maximum Gasteiger partial charge on any atom is 0.120 e. The van der Waals surface area contributed by atoms with Crippen molar-refractivity contribution in [1.29, 1.82) is 0 Å². The third kappa shape index (κ3) is 4.99. The Hall–Kier alpha value is -0.540. The van der Waals surface area contributed by atoms with Crippen molar-refractivity contribution in [2.45, 2.75) is 40.0 Å². The van der Waals surface area contributed by atoms with Crippen LogP contribution in [0.4, 0.5) is 0 Å². The van der Waals surface area contributed by atoms with Crippen LogP contribution in [0.15, 0.2) is 22.7 Å². The lowest BCUT2D eigenvalue weighted by atomic mass is 9.83. The fraction of sp³-hybridized carbons (Fsp3) is 0.600. The molecule has 0 atom stereocenters. The Bertz CT molecular complexity index is 377. The molecule has 1 aromatic carbocycles. The highest BCUT2D eigenvalue weighted by Gasteiger charge is 2.17. The van der Waals surface area contributed by atoms with Crippen LogP contribution in [0.2, 0.25) is 0 Å². The molecule has 0 radical (unpaired) electrons. The van der Waals surface area contributed by atoms with Crippen LogP contribution < -0.4 is 10.5 Å². The van der Waals surface area contributed by atoms with Gasteiger partial charge in [0.25, 0.3) is 0 Å². The lowest BCUT2D eigenvalue weighted by Crippen LogP contribution is -2.17. The summed E-state index contributed by atoms with van der Waals surface area (Å²) >= 11 is 3.62. The number of aryl methyl sites for hydroxylation is 1. The van der Waals surface area contributed by atoms with Gasteiger partial charge >= 0.3 is 0 Å². The third-order valence-corrected chi connectivity index (χ3v) is 3.97. The van der Waals surface area contributed by atoms with Crippen molar-refractivity contribution in [3.05, 3.63) is 28.2 Å². The normalized spacial score (nSPS) is 11.6. The van der Waals surface area contributed by atoms with Crippen molar-refractivity contribution < 1.29 is 4.74 Å². The van der Waals surface area contributed by atoms with E-state index in [1.165, 1.54) is 5.56 Å². The SMILES string of the molecule is CCOc1ccc(CCC(C)(C)CCN)c(Br)c1. The zero-order valence-corrected chi connectivity index (χ0v) is 13.2. The van der Waals surface area contributed by atoms with E-state index in [2.05, 4.69) is 41.9 Å². The van der Waals surface area contributed by atoms with Crippen LogP contribution in [-0.4, -0.2) is 13.2 Å². The summed E-state index contributed by atoms with van der Waals surface area (Å²) in [5.41, 5.74) is 7.29. The Morgan fingerprint density at radius 3 is 2.56 bits per heavy atom. The van der Waals surface area contributed by atoms with E-state index in [1.54, 1.807) is 0 Å². The van der Waals surface area contributed by atoms with E-state index in [-0.39, 0.29) is 0 Å². The lowest BCUT2D eigenvalue weighted by Gasteiger charge is -2.24. The molecule has 1 rings (SSSR count). The van der Waals surface area contributed by atoms with Gasteiger partial charge in [-0.15, -0.1) is 0 Å². The van der Waals surface area contributed by atoms with E-state index in [0.29, 0.717) is 12.0 Å². The number of rotatable bonds is 7. The van der Waals surface area contributed by atoms with Crippen LogP contribution in [0, 0.1) is 5.41 Å². The second kappa shape index (κ2) is 7.15. The predicted octanol–water partition coefficient (Wildman–Crippen LogP) is 4.16. The molecule has 0 aliphatic carbocycles. The van der Waals surface area contributed by atoms with Gasteiger partial charge in [0.05, 0.1) is 6.61 Å². The fourth-order valence-corrected chi connectivity index (χ4v) is 2.53. The predicted molar refractivity (Wildman–Crippen MR) is 81.1 cm³/mol. The highest BCUT2D eigenvalue weighted by molar-refractivity contribution is 9.10. The molecule has 0 heterocycles. The Balaban J connectivity index is 2.62. The Morgan fingerprint density at radius 1 is 1.28 bits per heavy atom. The van der Waals surface area contributed by atoms with Crippen LogP contribution in [0.3, 0.4) is 0 Å². The topological polar surface area (TPSA) is 35.2 Å². The highest BCUT2D eigenvalue weighted by Crippen LogP contribution is 2.30. The molecule has 0 unspecified atom stereocenters. The largest absolute Gasteiger partial charge is 0.494 e. The minimum absolute atomic E-state index is 0.312. The lowest BCUT2D eigenvalue weighted by molar-refractivity contribution is 0.313. The van der Waals surface area contributed by atoms with E-state index in [4.69, 9.17) is 10.5 Å². The third-order valence-electron chi connectivity index (χ3n) is 3.23. The molecule has 0 fully saturated rings. The smallest absolute Gasteiger partial charge is 0.120 e. The molecule has 0 aromatic heterocycles. The molecule has 0 bridgehead atoms. The van der Waals surface area contributed by atoms with Crippen molar-refractivity contribution in [2.24, 2.45) is 11.1 Å². The standard InChI is InChI=1S/C15H24BrNO/c1-4-18-13-6-5-12(14(16)11-13)7-8-15(2,3)9-10-17/h5-6,11H,4,7-10,17H2,1-3H3. The van der Waals surface area contributed by atoms with Crippen molar-refractivity contribution in [2.75, 3.05) is 13.2 Å². The summed E-state index contributed by atoms with van der Waals surface area (Å²) in [6.07, 6.45) is 3.29. The Morgan fingerprint density at radius 2 is 2.00 bits per heavy atom. The molecule has 0 saturated heterocycles. The summed E-state index contributed by atoms with van der Waals surface area (Å²) in [6, 6.07) is 6.24. The minimum atomic E-state index is 0.312. The molecule has 18 heavy (non-hydrogen) atoms. The molecule has 2 N–H and O–H groups in total. The second-order valence-corrected chi connectivity index (χ2v) is 6.24. The molecule has 1 aromatic rings. The maximum atomic E-state index is 5.64. The molecule has 0 saturated carbocycles. The van der Waals surface area contributed by atoms with Gasteiger partial charge in [-0.3, -0.25) is 0 Å². The van der Waals surface area contributed by atoms with Crippen molar-refractivity contribution >= 4 is 15.9 Å². The average Bonchev–Trinajstić information content (AvgIpc) is 2.28. The fourth-order valence-electron chi connectivity index (χ4n) is 1.98. The summed E-state index contributed by atoms with van der Waals surface area (Å²) in [4.78, 5) is 0. The van der Waals surface area contributed by atoms with Crippen LogP contribution >= 0.6 is 15.9 Å². The highest BCUT2D eigenvalue weighted by atomic mass is 79.9. The molecular formula is C15H24BrNO. The summed E-state index contributed by atoms with van der Waals surface area (Å²) < 4.78 is 6.62. The van der Waals surface area contributed by atoms with Gasteiger partial charge in [-0.1, -0.05) is 35.8 Å². The second-order valence-electron chi connectivity index (χ2n) is 5.39. The van der Waals surface area contributed by atoms with Crippen LogP contribution in [0.5, 0.6) is 5.75 Å². The Labute approximate surface area is 119 Å². The van der Waals surface area contributed by atoms with Gasteiger partial charge in [0.15, 0.2) is 0 Å². The molecule has 102 valence electrons. The monoisotopic (exact) mass is 313 g/mol. The van der Waals surface area contributed by atoms with Gasteiger partial charge in [-0.05, 0) is 55.8 Å². The van der Waals surface area contributed by atoms with E-state index in [0.717, 1.165) is 36.0 Å². The average molecular weight is 314 g/mol. The summed E-state index contributed by atoms with van der Waals surface area (Å²) in [6.45, 7) is 8.02. The number of hydrogen-bond donors (Lipinski definition) is 1. The molecule has 2 nitrogen and oxygen atoms in total. The Kier molecular flexibility index (Phi) is 6.16. The minimum Gasteiger partial charge on any atom is -0.494 e. The number of hydrogen-bond acceptors (Lipinski definition) is 2. The van der Waals surface area contributed by atoms with Gasteiger partial charge in [0, 0.05) is 4.47 Å². The zero-order valence-electron chi connectivity index (χ0n) is 11.6. The number of nitrogens with two attached hydrogens (primary N) is 1. The molecule has 0 amide bonds. The summed E-state index contributed by atoms with van der Waals surface area (Å²) in [5, 5.41) is 0. The molecule has 3 heteroatoms. The van der Waals surface area contributed by atoms with Gasteiger partial charge in [-0.25, -0.2) is 0 Å². The van der Waals surface area contributed by atoms with E-state index in [9.17, 15) is 0 Å². The first-order valence-corrected chi connectivity index (χ1v) is 7.39. The number of ether oxygens (including phenoxy) is 1. The molecule has 0 spiro atoms. The molecular weight excluding hydrogens is 290 g/mol. The van der Waals surface area contributed by atoms with Gasteiger partial charge in [-0.2, -0.15) is 0 Å².